The van der Waals surface area contributed by atoms with Crippen molar-refractivity contribution >= 4 is 40.3 Å². The number of thiocarbonyl (C=S) groups is 1. The molecular formula is C24H25NO5S2. The fourth-order valence-electron chi connectivity index (χ4n) is 3.00. The van der Waals surface area contributed by atoms with E-state index in [4.69, 9.17) is 31.2 Å². The number of allylic oxidation sites excluding steroid dienone is 1. The Morgan fingerprint density at radius 1 is 1.03 bits per heavy atom. The largest absolute Gasteiger partial charge is 0.493 e. The zero-order chi connectivity index (χ0) is 22.9. The molecule has 0 atom stereocenters. The lowest BCUT2D eigenvalue weighted by atomic mass is 10.1. The van der Waals surface area contributed by atoms with Crippen LogP contribution in [-0.2, 0) is 11.2 Å². The van der Waals surface area contributed by atoms with Gasteiger partial charge in [-0.2, -0.15) is 0 Å². The maximum Gasteiger partial charge on any atom is 0.263 e. The van der Waals surface area contributed by atoms with Gasteiger partial charge < -0.3 is 24.3 Å². The molecule has 3 rings (SSSR count). The van der Waals surface area contributed by atoms with Crippen molar-refractivity contribution in [3.8, 4) is 23.0 Å². The number of carbonyl (C=O) groups is 1. The molecule has 0 saturated carbocycles. The van der Waals surface area contributed by atoms with Crippen molar-refractivity contribution in [1.82, 2.24) is 5.32 Å². The van der Waals surface area contributed by atoms with Crippen LogP contribution in [0.5, 0.6) is 23.0 Å². The van der Waals surface area contributed by atoms with Crippen LogP contribution in [0.2, 0.25) is 0 Å². The Bertz CT molecular complexity index is 1040. The summed E-state index contributed by atoms with van der Waals surface area (Å²) in [6.45, 7) is 6.80. The molecular weight excluding hydrogens is 446 g/mol. The fourth-order valence-corrected chi connectivity index (χ4v) is 4.05. The molecule has 1 saturated heterocycles. The molecule has 8 heteroatoms. The van der Waals surface area contributed by atoms with Gasteiger partial charge in [-0.25, -0.2) is 0 Å². The molecule has 1 aliphatic rings. The van der Waals surface area contributed by atoms with Crippen molar-refractivity contribution in [3.05, 3.63) is 65.1 Å². The van der Waals surface area contributed by atoms with E-state index in [1.807, 2.05) is 49.4 Å². The lowest BCUT2D eigenvalue weighted by Gasteiger charge is -2.14. The van der Waals surface area contributed by atoms with Crippen LogP contribution in [0.25, 0.3) is 6.08 Å². The molecule has 0 spiro atoms. The van der Waals surface area contributed by atoms with Crippen molar-refractivity contribution in [2.24, 2.45) is 0 Å². The number of ether oxygens (including phenoxy) is 4. The Hall–Kier alpha value is -2.97. The second-order valence-corrected chi connectivity index (χ2v) is 8.39. The Morgan fingerprint density at radius 3 is 2.38 bits per heavy atom. The first-order valence-corrected chi connectivity index (χ1v) is 11.3. The third-order valence-electron chi connectivity index (χ3n) is 4.41. The predicted molar refractivity (Wildman–Crippen MR) is 132 cm³/mol. The van der Waals surface area contributed by atoms with E-state index in [1.165, 1.54) is 11.8 Å². The number of hydrogen-bond acceptors (Lipinski definition) is 7. The molecule has 1 fully saturated rings. The Balaban J connectivity index is 1.62. The average molecular weight is 472 g/mol. The zero-order valence-corrected chi connectivity index (χ0v) is 19.6. The van der Waals surface area contributed by atoms with Gasteiger partial charge in [0.25, 0.3) is 5.91 Å². The molecule has 168 valence electrons. The monoisotopic (exact) mass is 471 g/mol. The summed E-state index contributed by atoms with van der Waals surface area (Å²) in [5, 5.41) is 2.61. The summed E-state index contributed by atoms with van der Waals surface area (Å²) in [6, 6.07) is 11.3. The Labute approximate surface area is 197 Å². The smallest absolute Gasteiger partial charge is 0.263 e. The lowest BCUT2D eigenvalue weighted by Crippen LogP contribution is -2.17. The Kier molecular flexibility index (Phi) is 8.58. The fraction of sp³-hybridized carbons (Fsp3) is 0.250. The lowest BCUT2D eigenvalue weighted by molar-refractivity contribution is -0.115. The van der Waals surface area contributed by atoms with Crippen LogP contribution in [0.15, 0.2) is 54.0 Å². The average Bonchev–Trinajstić information content (AvgIpc) is 3.10. The summed E-state index contributed by atoms with van der Waals surface area (Å²) in [4.78, 5) is 12.4. The number of rotatable bonds is 11. The molecule has 2 aromatic rings. The van der Waals surface area contributed by atoms with Crippen molar-refractivity contribution in [2.45, 2.75) is 13.3 Å². The highest BCUT2D eigenvalue weighted by atomic mass is 32.2. The van der Waals surface area contributed by atoms with Gasteiger partial charge in [0.1, 0.15) is 17.5 Å². The van der Waals surface area contributed by atoms with Crippen LogP contribution >= 0.6 is 24.0 Å². The van der Waals surface area contributed by atoms with E-state index in [2.05, 4.69) is 11.9 Å². The second-order valence-electron chi connectivity index (χ2n) is 6.67. The number of methoxy groups -OCH3 is 1. The van der Waals surface area contributed by atoms with Gasteiger partial charge in [-0.15, -0.1) is 6.58 Å². The Morgan fingerprint density at radius 2 is 1.75 bits per heavy atom. The van der Waals surface area contributed by atoms with E-state index < -0.39 is 0 Å². The van der Waals surface area contributed by atoms with Gasteiger partial charge in [-0.1, -0.05) is 42.2 Å². The standard InChI is InChI=1S/C24H25NO5S2/c1-4-6-16-7-9-18(20(13-16)27-3)29-11-12-30-19-10-8-17(14-21(19)28-5-2)15-22-23(26)25-24(31)32-22/h4,7-10,13-15H,1,5-6,11-12H2,2-3H3,(H,25,26,31)/b22-15-. The van der Waals surface area contributed by atoms with Crippen LogP contribution in [0, 0.1) is 0 Å². The van der Waals surface area contributed by atoms with Crippen molar-refractivity contribution in [2.75, 3.05) is 26.9 Å². The molecule has 1 heterocycles. The first-order chi connectivity index (χ1) is 15.5. The number of amides is 1. The summed E-state index contributed by atoms with van der Waals surface area (Å²) in [5.41, 5.74) is 1.93. The van der Waals surface area contributed by atoms with Crippen molar-refractivity contribution in [3.63, 3.8) is 0 Å². The summed E-state index contributed by atoms with van der Waals surface area (Å²) in [5.74, 6) is 2.33. The van der Waals surface area contributed by atoms with E-state index in [0.29, 0.717) is 52.0 Å². The highest BCUT2D eigenvalue weighted by Crippen LogP contribution is 2.32. The quantitative estimate of drug-likeness (QED) is 0.219. The summed E-state index contributed by atoms with van der Waals surface area (Å²) >= 11 is 6.27. The van der Waals surface area contributed by atoms with E-state index in [9.17, 15) is 4.79 Å². The molecule has 1 N–H and O–H groups in total. The molecule has 0 aromatic heterocycles. The number of thioether (sulfide) groups is 1. The maximum absolute atomic E-state index is 11.9. The third-order valence-corrected chi connectivity index (χ3v) is 5.58. The van der Waals surface area contributed by atoms with Crippen LogP contribution in [-0.4, -0.2) is 37.2 Å². The normalized spacial score (nSPS) is 14.2. The molecule has 0 bridgehead atoms. The number of benzene rings is 2. The molecule has 1 amide bonds. The van der Waals surface area contributed by atoms with E-state index in [-0.39, 0.29) is 5.91 Å². The second kappa shape index (κ2) is 11.6. The SMILES string of the molecule is C=CCc1ccc(OCCOc2ccc(/C=C3\SC(=S)NC3=O)cc2OCC)c(OC)c1. The van der Waals surface area contributed by atoms with E-state index in [0.717, 1.165) is 17.5 Å². The predicted octanol–water partition coefficient (Wildman–Crippen LogP) is 4.77. The highest BCUT2D eigenvalue weighted by molar-refractivity contribution is 8.26. The van der Waals surface area contributed by atoms with Gasteiger partial charge >= 0.3 is 0 Å². The first kappa shape index (κ1) is 23.7. The van der Waals surface area contributed by atoms with Crippen LogP contribution in [0.4, 0.5) is 0 Å². The third kappa shape index (κ3) is 6.27. The van der Waals surface area contributed by atoms with Gasteiger partial charge in [0, 0.05) is 0 Å². The van der Waals surface area contributed by atoms with Gasteiger partial charge in [0.05, 0.1) is 18.6 Å². The zero-order valence-electron chi connectivity index (χ0n) is 18.0. The summed E-state index contributed by atoms with van der Waals surface area (Å²) in [7, 11) is 1.61. The van der Waals surface area contributed by atoms with Gasteiger partial charge in [-0.3, -0.25) is 4.79 Å². The van der Waals surface area contributed by atoms with Gasteiger partial charge in [0.15, 0.2) is 23.0 Å². The molecule has 0 radical (unpaired) electrons. The molecule has 1 aliphatic heterocycles. The summed E-state index contributed by atoms with van der Waals surface area (Å²) < 4.78 is 23.3. The van der Waals surface area contributed by atoms with Crippen LogP contribution in [0.1, 0.15) is 18.1 Å². The highest BCUT2D eigenvalue weighted by Gasteiger charge is 2.22. The van der Waals surface area contributed by atoms with Crippen LogP contribution in [0.3, 0.4) is 0 Å². The number of carbonyl (C=O) groups excluding carboxylic acids is 1. The summed E-state index contributed by atoms with van der Waals surface area (Å²) in [6.07, 6.45) is 4.39. The van der Waals surface area contributed by atoms with Gasteiger partial charge in [0.2, 0.25) is 0 Å². The molecule has 2 aromatic carbocycles. The minimum absolute atomic E-state index is 0.191. The van der Waals surface area contributed by atoms with Crippen LogP contribution < -0.4 is 24.3 Å². The van der Waals surface area contributed by atoms with Crippen molar-refractivity contribution in [1.29, 1.82) is 0 Å². The minimum atomic E-state index is -0.191. The molecule has 0 aliphatic carbocycles. The van der Waals surface area contributed by atoms with Crippen molar-refractivity contribution < 1.29 is 23.7 Å². The number of hydrogen-bond donors (Lipinski definition) is 1. The molecule has 0 unspecified atom stereocenters. The first-order valence-electron chi connectivity index (χ1n) is 10.1. The van der Waals surface area contributed by atoms with Gasteiger partial charge in [-0.05, 0) is 54.8 Å². The minimum Gasteiger partial charge on any atom is -0.493 e. The molecule has 6 nitrogen and oxygen atoms in total. The topological polar surface area (TPSA) is 66.0 Å². The van der Waals surface area contributed by atoms with E-state index >= 15 is 0 Å². The van der Waals surface area contributed by atoms with E-state index in [1.54, 1.807) is 13.2 Å². The maximum atomic E-state index is 11.9. The number of nitrogens with one attached hydrogen (secondary N) is 1. The molecule has 32 heavy (non-hydrogen) atoms.